The van der Waals surface area contributed by atoms with E-state index in [0.717, 1.165) is 10.5 Å². The van der Waals surface area contributed by atoms with Gasteiger partial charge in [-0.15, -0.1) is 11.8 Å². The highest BCUT2D eigenvalue weighted by molar-refractivity contribution is 7.98. The van der Waals surface area contributed by atoms with Crippen LogP contribution in [0.3, 0.4) is 0 Å². The number of alkyl carbamates (subject to hydrolysis) is 1. The molecule has 0 fully saturated rings. The van der Waals surface area contributed by atoms with Crippen molar-refractivity contribution in [3.8, 4) is 5.75 Å². The molecule has 0 aliphatic carbocycles. The normalized spacial score (nSPS) is 12.4. The minimum absolute atomic E-state index is 0.0184. The maximum atomic E-state index is 12.3. The van der Waals surface area contributed by atoms with Crippen LogP contribution in [0, 0.1) is 0 Å². The Morgan fingerprint density at radius 2 is 1.70 bits per heavy atom. The van der Waals surface area contributed by atoms with E-state index in [-0.39, 0.29) is 6.61 Å². The second-order valence-corrected chi connectivity index (χ2v) is 7.15. The van der Waals surface area contributed by atoms with Crippen molar-refractivity contribution >= 4 is 29.7 Å². The largest absolute Gasteiger partial charge is 0.445 e. The quantitative estimate of drug-likeness (QED) is 0.316. The zero-order chi connectivity index (χ0) is 21.9. The number of hydrogen-bond acceptors (Lipinski definition) is 7. The molecule has 3 N–H and O–H groups in total. The van der Waals surface area contributed by atoms with Gasteiger partial charge in [-0.25, -0.2) is 9.59 Å². The Morgan fingerprint density at radius 3 is 2.30 bits per heavy atom. The zero-order valence-corrected chi connectivity index (χ0v) is 17.5. The highest BCUT2D eigenvalue weighted by Crippen LogP contribution is 2.19. The maximum absolute atomic E-state index is 12.3. The molecule has 0 radical (unpaired) electrons. The number of esters is 1. The van der Waals surface area contributed by atoms with E-state index in [1.54, 1.807) is 48.2 Å². The Labute approximate surface area is 179 Å². The van der Waals surface area contributed by atoms with Gasteiger partial charge in [0.1, 0.15) is 24.4 Å². The molecule has 0 spiro atoms. The summed E-state index contributed by atoms with van der Waals surface area (Å²) >= 11 is 1.56. The lowest BCUT2D eigenvalue weighted by atomic mass is 10.2. The molecule has 0 aliphatic heterocycles. The lowest BCUT2D eigenvalue weighted by molar-refractivity contribution is -0.139. The van der Waals surface area contributed by atoms with E-state index in [0.29, 0.717) is 5.75 Å². The van der Waals surface area contributed by atoms with E-state index in [1.165, 1.54) is 6.92 Å². The number of benzene rings is 2. The minimum Gasteiger partial charge on any atom is -0.445 e. The topological polar surface area (TPSA) is 114 Å². The summed E-state index contributed by atoms with van der Waals surface area (Å²) in [6.45, 7) is 0.799. The molecule has 2 rings (SSSR count). The summed E-state index contributed by atoms with van der Waals surface area (Å²) in [6, 6.07) is 13.7. The Hall–Kier alpha value is -3.04. The summed E-state index contributed by atoms with van der Waals surface area (Å²) in [7, 11) is 0. The van der Waals surface area contributed by atoms with Crippen molar-refractivity contribution in [3.63, 3.8) is 0 Å². The van der Waals surface area contributed by atoms with Gasteiger partial charge in [-0.3, -0.25) is 4.79 Å². The molecule has 2 atom stereocenters. The van der Waals surface area contributed by atoms with Gasteiger partial charge in [0.25, 0.3) is 0 Å². The number of nitrogens with one attached hydrogen (secondary N) is 2. The first-order valence-corrected chi connectivity index (χ1v) is 10.4. The number of ether oxygens (including phenoxy) is 2. The molecule has 8 nitrogen and oxygen atoms in total. The molecule has 2 amide bonds. The molecule has 2 aromatic rings. The van der Waals surface area contributed by atoms with E-state index in [1.807, 2.05) is 24.5 Å². The third-order valence-electron chi connectivity index (χ3n) is 3.99. The van der Waals surface area contributed by atoms with Crippen LogP contribution in [0.1, 0.15) is 12.5 Å². The summed E-state index contributed by atoms with van der Waals surface area (Å²) in [5, 5.41) is 14.1. The molecule has 30 heavy (non-hydrogen) atoms. The van der Waals surface area contributed by atoms with Crippen molar-refractivity contribution in [2.24, 2.45) is 0 Å². The van der Waals surface area contributed by atoms with E-state index in [2.05, 4.69) is 10.6 Å². The zero-order valence-electron chi connectivity index (χ0n) is 16.7. The number of amides is 2. The maximum Gasteiger partial charge on any atom is 0.408 e. The third kappa shape index (κ3) is 7.41. The lowest BCUT2D eigenvalue weighted by Crippen LogP contribution is -2.53. The second-order valence-electron chi connectivity index (χ2n) is 6.27. The summed E-state index contributed by atoms with van der Waals surface area (Å²) in [6.07, 6.45) is 1.07. The molecule has 0 saturated carbocycles. The van der Waals surface area contributed by atoms with Crippen LogP contribution in [0.2, 0.25) is 0 Å². The van der Waals surface area contributed by atoms with E-state index >= 15 is 0 Å². The molecular formula is C21H24N2O6S. The molecule has 0 aromatic heterocycles. The van der Waals surface area contributed by atoms with Crippen LogP contribution in [0.5, 0.6) is 5.75 Å². The predicted molar refractivity (Wildman–Crippen MR) is 112 cm³/mol. The summed E-state index contributed by atoms with van der Waals surface area (Å²) in [5.41, 5.74) is 0.777. The van der Waals surface area contributed by atoms with Crippen molar-refractivity contribution in [3.05, 3.63) is 60.2 Å². The van der Waals surface area contributed by atoms with Gasteiger partial charge in [-0.1, -0.05) is 30.3 Å². The first kappa shape index (κ1) is 23.2. The van der Waals surface area contributed by atoms with Crippen LogP contribution in [-0.4, -0.2) is 48.0 Å². The molecule has 0 heterocycles. The Kier molecular flexibility index (Phi) is 9.17. The van der Waals surface area contributed by atoms with Gasteiger partial charge >= 0.3 is 12.1 Å². The van der Waals surface area contributed by atoms with Gasteiger partial charge in [0.15, 0.2) is 0 Å². The van der Waals surface area contributed by atoms with Crippen LogP contribution < -0.4 is 15.4 Å². The summed E-state index contributed by atoms with van der Waals surface area (Å²) < 4.78 is 10.2. The number of carbonyl (C=O) groups is 3. The lowest BCUT2D eigenvalue weighted by Gasteiger charge is -2.19. The van der Waals surface area contributed by atoms with Crippen LogP contribution in [0.15, 0.2) is 59.5 Å². The molecular weight excluding hydrogens is 408 g/mol. The van der Waals surface area contributed by atoms with Gasteiger partial charge in [-0.05, 0) is 43.0 Å². The van der Waals surface area contributed by atoms with Crippen molar-refractivity contribution in [2.75, 3.05) is 12.9 Å². The fourth-order valence-electron chi connectivity index (χ4n) is 2.32. The smallest absolute Gasteiger partial charge is 0.408 e. The van der Waals surface area contributed by atoms with Crippen LogP contribution in [0.25, 0.3) is 0 Å². The number of thioether (sulfide) groups is 1. The Morgan fingerprint density at radius 1 is 1.03 bits per heavy atom. The molecule has 2 unspecified atom stereocenters. The van der Waals surface area contributed by atoms with Gasteiger partial charge in [-0.2, -0.15) is 0 Å². The second kappa shape index (κ2) is 11.8. The first-order chi connectivity index (χ1) is 14.4. The fraction of sp³-hybridized carbons (Fsp3) is 0.286. The van der Waals surface area contributed by atoms with E-state index < -0.39 is 36.7 Å². The Bertz CT molecular complexity index is 844. The van der Waals surface area contributed by atoms with Crippen molar-refractivity contribution < 1.29 is 29.0 Å². The number of hydrogen-bond donors (Lipinski definition) is 3. The van der Waals surface area contributed by atoms with E-state index in [4.69, 9.17) is 9.47 Å². The summed E-state index contributed by atoms with van der Waals surface area (Å²) in [4.78, 5) is 37.4. The van der Waals surface area contributed by atoms with Gasteiger partial charge in [0.2, 0.25) is 5.91 Å². The third-order valence-corrected chi connectivity index (χ3v) is 4.74. The van der Waals surface area contributed by atoms with Gasteiger partial charge in [0, 0.05) is 4.90 Å². The van der Waals surface area contributed by atoms with Gasteiger partial charge < -0.3 is 25.2 Å². The van der Waals surface area contributed by atoms with Crippen LogP contribution in [-0.2, 0) is 20.9 Å². The van der Waals surface area contributed by atoms with Crippen molar-refractivity contribution in [1.82, 2.24) is 10.6 Å². The molecule has 0 aliphatic rings. The predicted octanol–water partition coefficient (Wildman–Crippen LogP) is 2.11. The number of carbonyl (C=O) groups excluding carboxylic acids is 3. The molecule has 0 bridgehead atoms. The van der Waals surface area contributed by atoms with E-state index in [9.17, 15) is 19.5 Å². The Balaban J connectivity index is 1.82. The minimum atomic E-state index is -1.27. The molecule has 2 aromatic carbocycles. The molecule has 0 saturated heterocycles. The van der Waals surface area contributed by atoms with Crippen LogP contribution >= 0.6 is 11.8 Å². The average Bonchev–Trinajstić information content (AvgIpc) is 2.77. The number of aliphatic hydroxyl groups is 1. The molecule has 9 heteroatoms. The molecule has 160 valence electrons. The van der Waals surface area contributed by atoms with Gasteiger partial charge in [0.05, 0.1) is 6.61 Å². The van der Waals surface area contributed by atoms with Crippen molar-refractivity contribution in [1.29, 1.82) is 0 Å². The van der Waals surface area contributed by atoms with Crippen molar-refractivity contribution in [2.45, 2.75) is 30.5 Å². The number of aliphatic hydroxyl groups excluding tert-OH is 1. The highest BCUT2D eigenvalue weighted by atomic mass is 32.2. The average molecular weight is 432 g/mol. The monoisotopic (exact) mass is 432 g/mol. The number of rotatable bonds is 9. The fourth-order valence-corrected chi connectivity index (χ4v) is 2.73. The summed E-state index contributed by atoms with van der Waals surface area (Å²) in [5.74, 6) is -1.07. The standard InChI is InChI=1S/C21H24N2O6S/c1-14(20(26)29-16-8-10-17(30-2)11-9-16)22-19(25)18(12-24)23-21(27)28-13-15-6-4-3-5-7-15/h3-11,14,18,24H,12-13H2,1-2H3,(H,22,25)(H,23,27). The SMILES string of the molecule is CSc1ccc(OC(=O)C(C)NC(=O)C(CO)NC(=O)OCc2ccccc2)cc1. The highest BCUT2D eigenvalue weighted by Gasteiger charge is 2.25. The first-order valence-electron chi connectivity index (χ1n) is 9.17. The van der Waals surface area contributed by atoms with Crippen LogP contribution in [0.4, 0.5) is 4.79 Å².